The summed E-state index contributed by atoms with van der Waals surface area (Å²) in [6, 6.07) is 13.2. The van der Waals surface area contributed by atoms with Crippen LogP contribution in [0.2, 0.25) is 0 Å². The second kappa shape index (κ2) is 10.8. The topological polar surface area (TPSA) is 53.6 Å². The SMILES string of the molecule is C=C.C=C(Nc1ccc(C)nc1)c1n[nH]c2ccc(-c3cccc(F)c3F)cc12.CC. The van der Waals surface area contributed by atoms with Gasteiger partial charge in [-0.2, -0.15) is 5.10 Å². The Morgan fingerprint density at radius 1 is 1.03 bits per heavy atom. The maximum Gasteiger partial charge on any atom is 0.166 e. The number of nitrogens with zero attached hydrogens (tertiary/aromatic N) is 2. The molecule has 0 unspecified atom stereocenters. The number of H-pyrrole nitrogens is 1. The smallest absolute Gasteiger partial charge is 0.166 e. The van der Waals surface area contributed by atoms with Crippen molar-refractivity contribution >= 4 is 22.3 Å². The molecule has 2 N–H and O–H groups in total. The van der Waals surface area contributed by atoms with Gasteiger partial charge in [-0.1, -0.05) is 38.6 Å². The molecular weight excluding hydrogens is 394 g/mol. The van der Waals surface area contributed by atoms with E-state index in [0.717, 1.165) is 28.4 Å². The van der Waals surface area contributed by atoms with Crippen molar-refractivity contribution in [1.29, 1.82) is 0 Å². The van der Waals surface area contributed by atoms with Gasteiger partial charge in [-0.15, -0.1) is 13.2 Å². The van der Waals surface area contributed by atoms with Crippen molar-refractivity contribution in [3.05, 3.63) is 97.5 Å². The van der Waals surface area contributed by atoms with Crippen LogP contribution < -0.4 is 5.32 Å². The van der Waals surface area contributed by atoms with Gasteiger partial charge in [0.05, 0.1) is 23.1 Å². The lowest BCUT2D eigenvalue weighted by Crippen LogP contribution is -1.99. The highest BCUT2D eigenvalue weighted by Crippen LogP contribution is 2.30. The molecule has 6 heteroatoms. The van der Waals surface area contributed by atoms with Crippen molar-refractivity contribution in [1.82, 2.24) is 15.2 Å². The summed E-state index contributed by atoms with van der Waals surface area (Å²) in [7, 11) is 0. The third-order valence-electron chi connectivity index (χ3n) is 4.32. The Kier molecular flexibility index (Phi) is 8.20. The van der Waals surface area contributed by atoms with Crippen molar-refractivity contribution < 1.29 is 8.78 Å². The number of aromatic nitrogens is 3. The quantitative estimate of drug-likeness (QED) is 0.346. The summed E-state index contributed by atoms with van der Waals surface area (Å²) < 4.78 is 27.7. The Labute approximate surface area is 181 Å². The Hall–Kier alpha value is -3.80. The second-order valence-corrected chi connectivity index (χ2v) is 6.23. The van der Waals surface area contributed by atoms with Gasteiger partial charge in [0.15, 0.2) is 11.6 Å². The van der Waals surface area contributed by atoms with Crippen LogP contribution in [0.4, 0.5) is 14.5 Å². The van der Waals surface area contributed by atoms with Crippen molar-refractivity contribution in [2.24, 2.45) is 0 Å². The van der Waals surface area contributed by atoms with E-state index in [-0.39, 0.29) is 5.56 Å². The van der Waals surface area contributed by atoms with Crippen LogP contribution in [0, 0.1) is 18.6 Å². The standard InChI is InChI=1S/C21H16F2N4.C2H6.C2H4/c1-12-6-8-15(11-24-12)25-13(2)21-17-10-14(7-9-19(17)26-27-21)16-4-3-5-18(22)20(16)23;2*1-2/h3-11,25H,2H2,1H3,(H,26,27);1-2H3;1-2H2. The van der Waals surface area contributed by atoms with Gasteiger partial charge in [-0.3, -0.25) is 10.1 Å². The Morgan fingerprint density at radius 3 is 2.45 bits per heavy atom. The molecule has 0 fully saturated rings. The van der Waals surface area contributed by atoms with E-state index in [1.165, 1.54) is 6.07 Å². The Morgan fingerprint density at radius 2 is 1.77 bits per heavy atom. The van der Waals surface area contributed by atoms with Crippen LogP contribution in [0.5, 0.6) is 0 Å². The fraction of sp³-hybridized carbons (Fsp3) is 0.120. The summed E-state index contributed by atoms with van der Waals surface area (Å²) in [5.41, 5.74) is 4.41. The van der Waals surface area contributed by atoms with Gasteiger partial charge in [-0.25, -0.2) is 8.78 Å². The second-order valence-electron chi connectivity index (χ2n) is 6.23. The van der Waals surface area contributed by atoms with E-state index in [1.54, 1.807) is 30.5 Å². The third kappa shape index (κ3) is 5.22. The predicted octanol–water partition coefficient (Wildman–Crippen LogP) is 7.12. The number of hydrogen-bond acceptors (Lipinski definition) is 3. The van der Waals surface area contributed by atoms with E-state index in [2.05, 4.69) is 40.2 Å². The largest absolute Gasteiger partial charge is 0.353 e. The number of fused-ring (bicyclic) bond motifs is 1. The highest BCUT2D eigenvalue weighted by atomic mass is 19.2. The molecule has 0 atom stereocenters. The Balaban J connectivity index is 0.000000807. The van der Waals surface area contributed by atoms with Crippen LogP contribution in [0.25, 0.3) is 27.7 Å². The van der Waals surface area contributed by atoms with E-state index in [9.17, 15) is 8.78 Å². The summed E-state index contributed by atoms with van der Waals surface area (Å²) >= 11 is 0. The van der Waals surface area contributed by atoms with Crippen molar-refractivity contribution in [2.45, 2.75) is 20.8 Å². The van der Waals surface area contributed by atoms with Gasteiger partial charge < -0.3 is 5.32 Å². The van der Waals surface area contributed by atoms with Gasteiger partial charge in [0.2, 0.25) is 0 Å². The van der Waals surface area contributed by atoms with E-state index in [4.69, 9.17) is 0 Å². The molecule has 4 aromatic rings. The lowest BCUT2D eigenvalue weighted by molar-refractivity contribution is 0.511. The molecular formula is C25H26F2N4. The minimum atomic E-state index is -0.877. The van der Waals surface area contributed by atoms with Crippen LogP contribution >= 0.6 is 0 Å². The number of aryl methyl sites for hydroxylation is 1. The number of anilines is 1. The average molecular weight is 421 g/mol. The minimum absolute atomic E-state index is 0.199. The molecule has 0 spiro atoms. The summed E-state index contributed by atoms with van der Waals surface area (Å²) in [5.74, 6) is -1.75. The summed E-state index contributed by atoms with van der Waals surface area (Å²) in [6.45, 7) is 16.0. The van der Waals surface area contributed by atoms with Gasteiger partial charge in [0.25, 0.3) is 0 Å². The molecule has 0 aliphatic carbocycles. The molecule has 4 nitrogen and oxygen atoms in total. The minimum Gasteiger partial charge on any atom is -0.353 e. The zero-order chi connectivity index (χ0) is 23.0. The van der Waals surface area contributed by atoms with E-state index < -0.39 is 11.6 Å². The van der Waals surface area contributed by atoms with Crippen molar-refractivity contribution in [3.63, 3.8) is 0 Å². The summed E-state index contributed by atoms with van der Waals surface area (Å²) in [4.78, 5) is 4.24. The molecule has 0 saturated heterocycles. The molecule has 4 rings (SSSR count). The van der Waals surface area contributed by atoms with E-state index in [1.807, 2.05) is 32.9 Å². The number of aromatic amines is 1. The lowest BCUT2D eigenvalue weighted by atomic mass is 10.0. The van der Waals surface area contributed by atoms with Gasteiger partial charge in [0, 0.05) is 16.6 Å². The first kappa shape index (κ1) is 23.5. The number of hydrogen-bond donors (Lipinski definition) is 2. The molecule has 2 aromatic heterocycles. The molecule has 0 amide bonds. The first-order valence-corrected chi connectivity index (χ1v) is 9.84. The third-order valence-corrected chi connectivity index (χ3v) is 4.32. The fourth-order valence-corrected chi connectivity index (χ4v) is 2.91. The molecule has 2 heterocycles. The predicted molar refractivity (Wildman–Crippen MR) is 126 cm³/mol. The van der Waals surface area contributed by atoms with Gasteiger partial charge in [-0.05, 0) is 42.8 Å². The summed E-state index contributed by atoms with van der Waals surface area (Å²) in [6.07, 6.45) is 1.71. The zero-order valence-electron chi connectivity index (χ0n) is 18.0. The van der Waals surface area contributed by atoms with Gasteiger partial charge in [0.1, 0.15) is 5.69 Å². The zero-order valence-corrected chi connectivity index (χ0v) is 18.0. The summed E-state index contributed by atoms with van der Waals surface area (Å²) in [5, 5.41) is 11.2. The molecule has 0 saturated carbocycles. The van der Waals surface area contributed by atoms with Crippen LogP contribution in [-0.4, -0.2) is 15.2 Å². The van der Waals surface area contributed by atoms with E-state index >= 15 is 0 Å². The molecule has 0 bridgehead atoms. The number of rotatable bonds is 4. The van der Waals surface area contributed by atoms with E-state index in [0.29, 0.717) is 17.0 Å². The van der Waals surface area contributed by atoms with Gasteiger partial charge >= 0.3 is 0 Å². The molecule has 2 aromatic carbocycles. The number of benzene rings is 2. The Bertz CT molecular complexity index is 1160. The molecule has 160 valence electrons. The van der Waals surface area contributed by atoms with Crippen LogP contribution in [0.1, 0.15) is 25.2 Å². The maximum absolute atomic E-state index is 14.2. The molecule has 0 aliphatic heterocycles. The highest BCUT2D eigenvalue weighted by Gasteiger charge is 2.14. The molecule has 0 radical (unpaired) electrons. The first-order chi connectivity index (χ1) is 15.0. The van der Waals surface area contributed by atoms with Crippen molar-refractivity contribution in [3.8, 4) is 11.1 Å². The van der Waals surface area contributed by atoms with Crippen LogP contribution in [0.15, 0.2) is 74.5 Å². The average Bonchev–Trinajstić information content (AvgIpc) is 3.23. The van der Waals surface area contributed by atoms with Crippen LogP contribution in [-0.2, 0) is 0 Å². The number of nitrogens with one attached hydrogen (secondary N) is 2. The first-order valence-electron chi connectivity index (χ1n) is 9.84. The maximum atomic E-state index is 14.2. The van der Waals surface area contributed by atoms with Crippen LogP contribution in [0.3, 0.4) is 0 Å². The van der Waals surface area contributed by atoms with Crippen molar-refractivity contribution in [2.75, 3.05) is 5.32 Å². The normalized spacial score (nSPS) is 9.84. The fourth-order valence-electron chi connectivity index (χ4n) is 2.91. The lowest BCUT2D eigenvalue weighted by Gasteiger charge is -2.08. The molecule has 31 heavy (non-hydrogen) atoms. The number of pyridine rings is 1. The number of halogens is 2. The molecule has 0 aliphatic rings. The highest BCUT2D eigenvalue weighted by molar-refractivity contribution is 5.95. The monoisotopic (exact) mass is 420 g/mol.